The molecule has 0 fully saturated rings. The number of benzene rings is 12. The Labute approximate surface area is 540 Å². The van der Waals surface area contributed by atoms with E-state index in [2.05, 4.69) is 273 Å². The lowest BCUT2D eigenvalue weighted by Gasteiger charge is -2.11. The van der Waals surface area contributed by atoms with Gasteiger partial charge in [-0.3, -0.25) is 13.7 Å². The van der Waals surface area contributed by atoms with Crippen LogP contribution in [-0.2, 0) is 0 Å². The van der Waals surface area contributed by atoms with Crippen LogP contribution in [0.4, 0.5) is 0 Å². The Balaban J connectivity index is 0.000000139. The molecule has 19 aromatic rings. The molecule has 0 aliphatic heterocycles. The number of hydrogen-bond acceptors (Lipinski definition) is 5. The Morgan fingerprint density at radius 3 is 1.01 bits per heavy atom. The first-order valence-electron chi connectivity index (χ1n) is 31.6. The molecule has 0 atom stereocenters. The van der Waals surface area contributed by atoms with Gasteiger partial charge in [-0.05, 0) is 107 Å². The van der Waals surface area contributed by atoms with Crippen molar-refractivity contribution in [3.8, 4) is 79.2 Å². The largest absolute Gasteiger partial charge is 0.309 e. The van der Waals surface area contributed by atoms with E-state index in [0.29, 0.717) is 17.6 Å². The quantitative estimate of drug-likeness (QED) is 0.144. The summed E-state index contributed by atoms with van der Waals surface area (Å²) in [4.78, 5) is 25.4. The van der Waals surface area contributed by atoms with Crippen molar-refractivity contribution in [2.24, 2.45) is 0 Å². The highest BCUT2D eigenvalue weighted by molar-refractivity contribution is 6.19. The minimum absolute atomic E-state index is 0.570. The van der Waals surface area contributed by atoms with Crippen molar-refractivity contribution in [3.05, 3.63) is 334 Å². The molecule has 440 valence electrons. The SMILES string of the molecule is c1ccc(-c2ccc(-n3c4ccccc4c4c(-c5cnc6c(c5)c5ccccc5n6-c5ccccc5)cccc43)cc2)cc1.c1ccc(-c2nc(-c3ccccc3)nc(-n3c4ccccc4c4c(-c5cnc6c(c5)c5ccccc5n6-c5ccccc5)cccc43)n2)cc1. The third-order valence-electron chi connectivity index (χ3n) is 18.2. The zero-order chi connectivity index (χ0) is 62.1. The summed E-state index contributed by atoms with van der Waals surface area (Å²) in [5.41, 5.74) is 20.7. The maximum Gasteiger partial charge on any atom is 0.238 e. The van der Waals surface area contributed by atoms with E-state index in [4.69, 9.17) is 24.9 Å². The zero-order valence-corrected chi connectivity index (χ0v) is 50.8. The summed E-state index contributed by atoms with van der Waals surface area (Å²) < 4.78 is 9.06. The van der Waals surface area contributed by atoms with E-state index in [9.17, 15) is 0 Å². The molecular formula is C85H55N9. The van der Waals surface area contributed by atoms with Gasteiger partial charge in [0.2, 0.25) is 5.95 Å². The molecule has 94 heavy (non-hydrogen) atoms. The number of hydrogen-bond donors (Lipinski definition) is 0. The standard InChI is InChI=1S/C44H28N6.C41H27N3/c1-4-15-29(16-5-1)41-46-42(30-17-6-2-7-18-30)48-44(47-41)50-38-25-13-11-22-35(38)40-33(23-14-26-39(40)50)31-27-36-34-21-10-12-24-37(34)49(43(36)45-28-31)32-19-8-3-9-20-32;1-3-12-28(13-4-1)29-22-24-32(25-23-29)43-38-20-10-8-17-35(38)40-33(18-11-21-39(40)43)30-26-36-34-16-7-9-19-37(34)44(41(36)42-27-30)31-14-5-2-6-15-31/h1-28H;1-27H. The normalized spacial score (nSPS) is 11.6. The molecule has 0 saturated carbocycles. The lowest BCUT2D eigenvalue weighted by Crippen LogP contribution is -2.06. The van der Waals surface area contributed by atoms with Gasteiger partial charge in [-0.15, -0.1) is 0 Å². The number of aromatic nitrogens is 9. The van der Waals surface area contributed by atoms with E-state index in [1.807, 2.05) is 79.1 Å². The van der Waals surface area contributed by atoms with Crippen molar-refractivity contribution in [1.29, 1.82) is 0 Å². The summed E-state index contributed by atoms with van der Waals surface area (Å²) in [6.45, 7) is 0. The molecule has 19 rings (SSSR count). The summed E-state index contributed by atoms with van der Waals surface area (Å²) in [6.07, 6.45) is 4.04. The minimum Gasteiger partial charge on any atom is -0.309 e. The van der Waals surface area contributed by atoms with E-state index >= 15 is 0 Å². The zero-order valence-electron chi connectivity index (χ0n) is 50.8. The van der Waals surface area contributed by atoms with Gasteiger partial charge in [0.15, 0.2) is 11.6 Å². The lowest BCUT2D eigenvalue weighted by molar-refractivity contribution is 0.953. The van der Waals surface area contributed by atoms with Gasteiger partial charge in [0.05, 0.1) is 33.1 Å². The molecule has 0 N–H and O–H groups in total. The molecule has 9 heteroatoms. The Hall–Kier alpha value is -12.9. The fraction of sp³-hybridized carbons (Fsp3) is 0. The van der Waals surface area contributed by atoms with Gasteiger partial charge in [-0.1, -0.05) is 237 Å². The van der Waals surface area contributed by atoms with Crippen LogP contribution in [0.1, 0.15) is 0 Å². The summed E-state index contributed by atoms with van der Waals surface area (Å²) in [5, 5.41) is 9.35. The second-order valence-electron chi connectivity index (χ2n) is 23.6. The molecule has 0 unspecified atom stereocenters. The van der Waals surface area contributed by atoms with Crippen LogP contribution in [0.15, 0.2) is 334 Å². The van der Waals surface area contributed by atoms with Crippen LogP contribution in [0, 0.1) is 0 Å². The van der Waals surface area contributed by atoms with Crippen molar-refractivity contribution in [3.63, 3.8) is 0 Å². The summed E-state index contributed by atoms with van der Waals surface area (Å²) in [7, 11) is 0. The topological polar surface area (TPSA) is 84.2 Å². The van der Waals surface area contributed by atoms with Gasteiger partial charge in [0, 0.05) is 94.8 Å². The van der Waals surface area contributed by atoms with E-state index in [1.54, 1.807) is 0 Å². The highest BCUT2D eigenvalue weighted by atomic mass is 15.2. The van der Waals surface area contributed by atoms with Crippen LogP contribution >= 0.6 is 0 Å². The maximum absolute atomic E-state index is 5.14. The number of para-hydroxylation sites is 6. The Kier molecular flexibility index (Phi) is 13.0. The van der Waals surface area contributed by atoms with Gasteiger partial charge >= 0.3 is 0 Å². The van der Waals surface area contributed by atoms with E-state index in [1.165, 1.54) is 49.3 Å². The van der Waals surface area contributed by atoms with Crippen LogP contribution < -0.4 is 0 Å². The Bertz CT molecular complexity index is 6020. The van der Waals surface area contributed by atoms with Gasteiger partial charge in [0.25, 0.3) is 0 Å². The van der Waals surface area contributed by atoms with Crippen LogP contribution in [0.2, 0.25) is 0 Å². The molecule has 12 aromatic carbocycles. The van der Waals surface area contributed by atoms with Crippen molar-refractivity contribution in [2.45, 2.75) is 0 Å². The minimum atomic E-state index is 0.570. The van der Waals surface area contributed by atoms with E-state index in [0.717, 1.165) is 99.8 Å². The lowest BCUT2D eigenvalue weighted by atomic mass is 9.99. The molecule has 0 bridgehead atoms. The van der Waals surface area contributed by atoms with Crippen LogP contribution in [0.3, 0.4) is 0 Å². The highest BCUT2D eigenvalue weighted by Gasteiger charge is 2.23. The monoisotopic (exact) mass is 1200 g/mol. The average molecular weight is 1200 g/mol. The first-order valence-corrected chi connectivity index (χ1v) is 31.6. The molecule has 0 aliphatic carbocycles. The molecule has 0 amide bonds. The molecule has 0 radical (unpaired) electrons. The van der Waals surface area contributed by atoms with Crippen molar-refractivity contribution in [2.75, 3.05) is 0 Å². The number of pyridine rings is 2. The Morgan fingerprint density at radius 1 is 0.213 bits per heavy atom. The third kappa shape index (κ3) is 9.05. The van der Waals surface area contributed by atoms with Gasteiger partial charge in [-0.25, -0.2) is 15.0 Å². The first kappa shape index (κ1) is 54.1. The predicted octanol–water partition coefficient (Wildman–Crippen LogP) is 21.1. The van der Waals surface area contributed by atoms with Crippen LogP contribution in [-0.4, -0.2) is 43.2 Å². The van der Waals surface area contributed by atoms with E-state index in [-0.39, 0.29) is 0 Å². The number of nitrogens with zero attached hydrogens (tertiary/aromatic N) is 9. The maximum atomic E-state index is 5.14. The molecule has 0 aliphatic rings. The third-order valence-corrected chi connectivity index (χ3v) is 18.2. The van der Waals surface area contributed by atoms with Crippen molar-refractivity contribution < 1.29 is 0 Å². The molecule has 9 nitrogen and oxygen atoms in total. The van der Waals surface area contributed by atoms with Crippen LogP contribution in [0.5, 0.6) is 0 Å². The molecular weight excluding hydrogens is 1150 g/mol. The summed E-state index contributed by atoms with van der Waals surface area (Å²) >= 11 is 0. The fourth-order valence-electron chi connectivity index (χ4n) is 14.0. The molecule has 0 saturated heterocycles. The predicted molar refractivity (Wildman–Crippen MR) is 386 cm³/mol. The number of rotatable bonds is 9. The number of fused-ring (bicyclic) bond motifs is 12. The highest BCUT2D eigenvalue weighted by Crippen LogP contribution is 2.43. The smallest absolute Gasteiger partial charge is 0.238 e. The first-order chi connectivity index (χ1) is 46.7. The van der Waals surface area contributed by atoms with Crippen molar-refractivity contribution in [1.82, 2.24) is 43.2 Å². The fourth-order valence-corrected chi connectivity index (χ4v) is 14.0. The molecule has 0 spiro atoms. The average Bonchev–Trinajstić information content (AvgIpc) is 1.59. The Morgan fingerprint density at radius 2 is 0.553 bits per heavy atom. The van der Waals surface area contributed by atoms with Gasteiger partial charge < -0.3 is 4.57 Å². The van der Waals surface area contributed by atoms with Gasteiger partial charge in [0.1, 0.15) is 11.3 Å². The second kappa shape index (κ2) is 22.6. The summed E-state index contributed by atoms with van der Waals surface area (Å²) in [5.74, 6) is 1.82. The van der Waals surface area contributed by atoms with Crippen molar-refractivity contribution >= 4 is 87.5 Å². The van der Waals surface area contributed by atoms with Crippen LogP contribution in [0.25, 0.3) is 167 Å². The second-order valence-corrected chi connectivity index (χ2v) is 23.6. The molecule has 7 heterocycles. The molecule has 7 aromatic heterocycles. The van der Waals surface area contributed by atoms with Gasteiger partial charge in [-0.2, -0.15) is 9.97 Å². The summed E-state index contributed by atoms with van der Waals surface area (Å²) in [6, 6.07) is 113. The van der Waals surface area contributed by atoms with E-state index < -0.39 is 0 Å².